The van der Waals surface area contributed by atoms with Crippen molar-refractivity contribution in [1.82, 2.24) is 10.2 Å². The lowest BCUT2D eigenvalue weighted by Gasteiger charge is -2.02. The Morgan fingerprint density at radius 1 is 1.10 bits per heavy atom. The predicted molar refractivity (Wildman–Crippen MR) is 82.4 cm³/mol. The maximum absolute atomic E-state index is 12.4. The van der Waals surface area contributed by atoms with Gasteiger partial charge in [-0.1, -0.05) is 44.2 Å². The fourth-order valence-electron chi connectivity index (χ4n) is 2.06. The highest BCUT2D eigenvalue weighted by Gasteiger charge is 2.13. The van der Waals surface area contributed by atoms with Crippen LogP contribution in [0.15, 0.2) is 51.8 Å². The predicted octanol–water partition coefficient (Wildman–Crippen LogP) is 3.65. The van der Waals surface area contributed by atoms with Crippen molar-refractivity contribution in [3.8, 4) is 0 Å². The number of hydrogen-bond acceptors (Lipinski definition) is 4. The van der Waals surface area contributed by atoms with Crippen LogP contribution in [0.1, 0.15) is 31.5 Å². The van der Waals surface area contributed by atoms with Crippen molar-refractivity contribution in [2.24, 2.45) is 0 Å². The smallest absolute Gasteiger partial charge is 0.229 e. The molecule has 2 aromatic carbocycles. The molecule has 1 unspecified atom stereocenters. The van der Waals surface area contributed by atoms with E-state index in [9.17, 15) is 4.21 Å². The van der Waals surface area contributed by atoms with Crippen LogP contribution in [0.5, 0.6) is 0 Å². The van der Waals surface area contributed by atoms with Gasteiger partial charge in [0.15, 0.2) is 0 Å². The number of rotatable bonds is 4. The number of benzene rings is 2. The second-order valence-corrected chi connectivity index (χ2v) is 6.64. The molecule has 5 heteroatoms. The van der Waals surface area contributed by atoms with Crippen molar-refractivity contribution >= 4 is 21.6 Å². The van der Waals surface area contributed by atoms with Gasteiger partial charge in [0.2, 0.25) is 11.8 Å². The van der Waals surface area contributed by atoms with E-state index in [0.29, 0.717) is 11.8 Å². The largest absolute Gasteiger partial charge is 0.424 e. The summed E-state index contributed by atoms with van der Waals surface area (Å²) in [5.74, 6) is 1.43. The second-order valence-electron chi connectivity index (χ2n) is 5.19. The Morgan fingerprint density at radius 3 is 2.57 bits per heavy atom. The summed E-state index contributed by atoms with van der Waals surface area (Å²) < 4.78 is 17.9. The van der Waals surface area contributed by atoms with Gasteiger partial charge in [-0.2, -0.15) is 0 Å². The van der Waals surface area contributed by atoms with E-state index in [0.717, 1.165) is 15.7 Å². The van der Waals surface area contributed by atoms with Gasteiger partial charge in [-0.15, -0.1) is 10.2 Å². The molecule has 0 N–H and O–H groups in total. The molecule has 0 aliphatic heterocycles. The standard InChI is InChI=1S/C16H16N2O2S/c1-11(2)16-18-17-15(20-16)10-21(19)14-8-7-12-5-3-4-6-13(12)9-14/h3-9,11H,10H2,1-2H3. The van der Waals surface area contributed by atoms with Gasteiger partial charge in [0.1, 0.15) is 5.75 Å². The van der Waals surface area contributed by atoms with Gasteiger partial charge in [-0.05, 0) is 22.9 Å². The van der Waals surface area contributed by atoms with E-state index in [1.54, 1.807) is 0 Å². The highest BCUT2D eigenvalue weighted by atomic mass is 32.2. The third-order valence-corrected chi connectivity index (χ3v) is 4.50. The molecular weight excluding hydrogens is 284 g/mol. The van der Waals surface area contributed by atoms with Crippen LogP contribution in [0.2, 0.25) is 0 Å². The van der Waals surface area contributed by atoms with E-state index in [1.807, 2.05) is 56.3 Å². The molecule has 4 nitrogen and oxygen atoms in total. The van der Waals surface area contributed by atoms with Gasteiger partial charge in [0.05, 0.1) is 10.8 Å². The molecular formula is C16H16N2O2S. The van der Waals surface area contributed by atoms with Crippen LogP contribution in [-0.4, -0.2) is 14.4 Å². The summed E-state index contributed by atoms with van der Waals surface area (Å²) in [7, 11) is -1.19. The molecule has 0 radical (unpaired) electrons. The van der Waals surface area contributed by atoms with Crippen LogP contribution in [0.25, 0.3) is 10.8 Å². The number of aromatic nitrogens is 2. The first kappa shape index (κ1) is 13.9. The molecule has 3 rings (SSSR count). The molecule has 0 fully saturated rings. The van der Waals surface area contributed by atoms with E-state index in [4.69, 9.17) is 4.42 Å². The van der Waals surface area contributed by atoms with Crippen LogP contribution >= 0.6 is 0 Å². The van der Waals surface area contributed by atoms with Gasteiger partial charge in [-0.25, -0.2) is 0 Å². The lowest BCUT2D eigenvalue weighted by Crippen LogP contribution is -1.97. The van der Waals surface area contributed by atoms with Gasteiger partial charge < -0.3 is 4.42 Å². The van der Waals surface area contributed by atoms with Crippen molar-refractivity contribution in [3.63, 3.8) is 0 Å². The SMILES string of the molecule is CC(C)c1nnc(CS(=O)c2ccc3ccccc3c2)o1. The van der Waals surface area contributed by atoms with Crippen molar-refractivity contribution in [2.75, 3.05) is 0 Å². The molecule has 1 aromatic heterocycles. The van der Waals surface area contributed by atoms with Crippen molar-refractivity contribution in [3.05, 3.63) is 54.2 Å². The molecule has 21 heavy (non-hydrogen) atoms. The van der Waals surface area contributed by atoms with E-state index < -0.39 is 10.8 Å². The van der Waals surface area contributed by atoms with Crippen molar-refractivity contribution in [1.29, 1.82) is 0 Å². The minimum Gasteiger partial charge on any atom is -0.424 e. The highest BCUT2D eigenvalue weighted by molar-refractivity contribution is 7.84. The maximum atomic E-state index is 12.4. The molecule has 0 aliphatic carbocycles. The second kappa shape index (κ2) is 5.77. The van der Waals surface area contributed by atoms with E-state index in [-0.39, 0.29) is 11.7 Å². The van der Waals surface area contributed by atoms with Gasteiger partial charge in [0, 0.05) is 10.8 Å². The van der Waals surface area contributed by atoms with E-state index in [2.05, 4.69) is 10.2 Å². The zero-order valence-electron chi connectivity index (χ0n) is 11.9. The Balaban J connectivity index is 1.82. The van der Waals surface area contributed by atoms with Crippen LogP contribution in [0.3, 0.4) is 0 Å². The Kier molecular flexibility index (Phi) is 3.84. The molecule has 0 spiro atoms. The zero-order valence-corrected chi connectivity index (χ0v) is 12.8. The quantitative estimate of drug-likeness (QED) is 0.738. The Labute approximate surface area is 125 Å². The van der Waals surface area contributed by atoms with Crippen molar-refractivity contribution < 1.29 is 8.63 Å². The average molecular weight is 300 g/mol. The van der Waals surface area contributed by atoms with E-state index >= 15 is 0 Å². The normalized spacial score (nSPS) is 12.9. The molecule has 108 valence electrons. The number of fused-ring (bicyclic) bond motifs is 1. The van der Waals surface area contributed by atoms with Crippen LogP contribution in [-0.2, 0) is 16.6 Å². The summed E-state index contributed by atoms with van der Waals surface area (Å²) in [5.41, 5.74) is 0. The molecule has 0 bridgehead atoms. The van der Waals surface area contributed by atoms with Crippen LogP contribution in [0, 0.1) is 0 Å². The summed E-state index contributed by atoms with van der Waals surface area (Å²) >= 11 is 0. The molecule has 0 saturated carbocycles. The number of hydrogen-bond donors (Lipinski definition) is 0. The first-order chi connectivity index (χ1) is 10.1. The molecule has 0 aliphatic rings. The fourth-order valence-corrected chi connectivity index (χ4v) is 3.05. The summed E-state index contributed by atoms with van der Waals surface area (Å²) in [6.07, 6.45) is 0. The maximum Gasteiger partial charge on any atom is 0.229 e. The average Bonchev–Trinajstić information content (AvgIpc) is 2.95. The Morgan fingerprint density at radius 2 is 1.86 bits per heavy atom. The van der Waals surface area contributed by atoms with Gasteiger partial charge in [-0.3, -0.25) is 4.21 Å². The first-order valence-electron chi connectivity index (χ1n) is 6.83. The molecule has 0 saturated heterocycles. The van der Waals surface area contributed by atoms with Gasteiger partial charge >= 0.3 is 0 Å². The molecule has 1 heterocycles. The lowest BCUT2D eigenvalue weighted by atomic mass is 10.1. The molecule has 0 amide bonds. The lowest BCUT2D eigenvalue weighted by molar-refractivity contribution is 0.444. The van der Waals surface area contributed by atoms with Gasteiger partial charge in [0.25, 0.3) is 0 Å². The van der Waals surface area contributed by atoms with Crippen molar-refractivity contribution in [2.45, 2.75) is 30.4 Å². The molecule has 1 atom stereocenters. The van der Waals surface area contributed by atoms with Crippen LogP contribution < -0.4 is 0 Å². The molecule has 3 aromatic rings. The fraction of sp³-hybridized carbons (Fsp3) is 0.250. The first-order valence-corrected chi connectivity index (χ1v) is 8.15. The summed E-state index contributed by atoms with van der Waals surface area (Å²) in [4.78, 5) is 0.776. The topological polar surface area (TPSA) is 56.0 Å². The number of nitrogens with zero attached hydrogens (tertiary/aromatic N) is 2. The summed E-state index contributed by atoms with van der Waals surface area (Å²) in [6, 6.07) is 13.8. The third kappa shape index (κ3) is 3.03. The highest BCUT2D eigenvalue weighted by Crippen LogP contribution is 2.20. The summed E-state index contributed by atoms with van der Waals surface area (Å²) in [5, 5.41) is 10.1. The zero-order chi connectivity index (χ0) is 14.8. The minimum atomic E-state index is -1.19. The van der Waals surface area contributed by atoms with E-state index in [1.165, 1.54) is 0 Å². The Bertz CT molecular complexity index is 796. The summed E-state index contributed by atoms with van der Waals surface area (Å²) in [6.45, 7) is 3.97. The van der Waals surface area contributed by atoms with Crippen LogP contribution in [0.4, 0.5) is 0 Å². The Hall–Kier alpha value is -2.01. The third-order valence-electron chi connectivity index (χ3n) is 3.21. The monoisotopic (exact) mass is 300 g/mol. The minimum absolute atomic E-state index is 0.181.